The van der Waals surface area contributed by atoms with Crippen LogP contribution in [0, 0.1) is 0 Å². The summed E-state index contributed by atoms with van der Waals surface area (Å²) in [6.07, 6.45) is 1.48. The maximum atomic E-state index is 10.1. The molecule has 2 rings (SSSR count). The summed E-state index contributed by atoms with van der Waals surface area (Å²) in [6.45, 7) is 0. The van der Waals surface area contributed by atoms with E-state index in [2.05, 4.69) is 4.99 Å². The molecule has 0 amide bonds. The molecule has 0 N–H and O–H groups in total. The van der Waals surface area contributed by atoms with Gasteiger partial charge in [0, 0.05) is 5.39 Å². The highest BCUT2D eigenvalue weighted by Gasteiger charge is 2.03. The third-order valence-electron chi connectivity index (χ3n) is 2.01. The number of hydrogen-bond donors (Lipinski definition) is 0. The minimum absolute atomic E-state index is 0.459. The smallest absolute Gasteiger partial charge is 0.211 e. The van der Waals surface area contributed by atoms with Gasteiger partial charge in [-0.3, -0.25) is 0 Å². The first-order chi connectivity index (χ1) is 6.83. The van der Waals surface area contributed by atoms with Gasteiger partial charge < -0.3 is 0 Å². The van der Waals surface area contributed by atoms with Gasteiger partial charge in [-0.2, -0.15) is 4.99 Å². The zero-order valence-electron chi connectivity index (χ0n) is 7.20. The van der Waals surface area contributed by atoms with E-state index in [1.807, 2.05) is 30.3 Å². The van der Waals surface area contributed by atoms with Crippen molar-refractivity contribution < 1.29 is 4.79 Å². The number of aliphatic imine (C=N–C) groups is 1. The van der Waals surface area contributed by atoms with Crippen molar-refractivity contribution in [2.24, 2.45) is 4.99 Å². The second-order valence-electron chi connectivity index (χ2n) is 2.82. The molecule has 0 aliphatic heterocycles. The number of isocyanates is 1. The molecule has 0 bridgehead atoms. The van der Waals surface area contributed by atoms with E-state index in [0.29, 0.717) is 10.7 Å². The third kappa shape index (κ3) is 1.41. The maximum absolute atomic E-state index is 10.1. The SMILES string of the molecule is O=C=Nc1ccc2ccccc2c1Cl. The monoisotopic (exact) mass is 203 g/mol. The first-order valence-corrected chi connectivity index (χ1v) is 4.46. The lowest BCUT2D eigenvalue weighted by Crippen LogP contribution is -1.74. The van der Waals surface area contributed by atoms with Gasteiger partial charge in [0.05, 0.1) is 10.7 Å². The highest BCUT2D eigenvalue weighted by Crippen LogP contribution is 2.32. The van der Waals surface area contributed by atoms with E-state index in [9.17, 15) is 4.79 Å². The minimum Gasteiger partial charge on any atom is -0.211 e. The number of fused-ring (bicyclic) bond motifs is 1. The molecular formula is C11H6ClNO. The van der Waals surface area contributed by atoms with Crippen LogP contribution < -0.4 is 0 Å². The minimum atomic E-state index is 0.459. The molecule has 0 spiro atoms. The third-order valence-corrected chi connectivity index (χ3v) is 2.41. The number of benzene rings is 2. The molecule has 0 heterocycles. The highest BCUT2D eigenvalue weighted by molar-refractivity contribution is 6.38. The van der Waals surface area contributed by atoms with Crippen LogP contribution in [0.2, 0.25) is 5.02 Å². The van der Waals surface area contributed by atoms with Crippen molar-refractivity contribution in [1.82, 2.24) is 0 Å². The molecule has 68 valence electrons. The Morgan fingerprint density at radius 2 is 1.93 bits per heavy atom. The number of rotatable bonds is 1. The first-order valence-electron chi connectivity index (χ1n) is 4.08. The molecule has 2 aromatic rings. The van der Waals surface area contributed by atoms with Crippen LogP contribution in [0.25, 0.3) is 10.8 Å². The number of hydrogen-bond acceptors (Lipinski definition) is 2. The largest absolute Gasteiger partial charge is 0.240 e. The molecule has 0 saturated heterocycles. The number of nitrogens with zero attached hydrogens (tertiary/aromatic N) is 1. The molecule has 3 heteroatoms. The van der Waals surface area contributed by atoms with Crippen LogP contribution in [-0.4, -0.2) is 6.08 Å². The van der Waals surface area contributed by atoms with Gasteiger partial charge >= 0.3 is 0 Å². The Morgan fingerprint density at radius 3 is 2.71 bits per heavy atom. The Hall–Kier alpha value is -1.63. The van der Waals surface area contributed by atoms with Crippen molar-refractivity contribution in [3.8, 4) is 0 Å². The molecule has 0 atom stereocenters. The summed E-state index contributed by atoms with van der Waals surface area (Å²) >= 11 is 6.05. The molecule has 2 aromatic carbocycles. The van der Waals surface area contributed by atoms with Gasteiger partial charge in [0.15, 0.2) is 0 Å². The highest BCUT2D eigenvalue weighted by atomic mass is 35.5. The van der Waals surface area contributed by atoms with Crippen LogP contribution in [0.5, 0.6) is 0 Å². The van der Waals surface area contributed by atoms with E-state index in [1.165, 1.54) is 6.08 Å². The maximum Gasteiger partial charge on any atom is 0.240 e. The fourth-order valence-electron chi connectivity index (χ4n) is 1.36. The van der Waals surface area contributed by atoms with Crippen LogP contribution in [-0.2, 0) is 4.79 Å². The van der Waals surface area contributed by atoms with E-state index in [4.69, 9.17) is 11.6 Å². The Morgan fingerprint density at radius 1 is 1.14 bits per heavy atom. The van der Waals surface area contributed by atoms with Crippen molar-refractivity contribution in [2.45, 2.75) is 0 Å². The predicted molar refractivity (Wildman–Crippen MR) is 56.7 cm³/mol. The normalized spacial score (nSPS) is 9.79. The van der Waals surface area contributed by atoms with Gasteiger partial charge in [-0.05, 0) is 11.5 Å². The first kappa shape index (κ1) is 8.95. The van der Waals surface area contributed by atoms with E-state index in [0.717, 1.165) is 10.8 Å². The van der Waals surface area contributed by atoms with Gasteiger partial charge in [-0.15, -0.1) is 0 Å². The summed E-state index contributed by atoms with van der Waals surface area (Å²) in [5, 5.41) is 2.42. The fraction of sp³-hybridized carbons (Fsp3) is 0. The fourth-order valence-corrected chi connectivity index (χ4v) is 1.63. The van der Waals surface area contributed by atoms with E-state index in [1.54, 1.807) is 6.07 Å². The molecule has 2 nitrogen and oxygen atoms in total. The zero-order chi connectivity index (χ0) is 9.97. The second-order valence-corrected chi connectivity index (χ2v) is 3.20. The quantitative estimate of drug-likeness (QED) is 0.516. The summed E-state index contributed by atoms with van der Waals surface area (Å²) < 4.78 is 0. The summed E-state index contributed by atoms with van der Waals surface area (Å²) in [5.41, 5.74) is 0.459. The van der Waals surface area contributed by atoms with Crippen molar-refractivity contribution in [3.05, 3.63) is 41.4 Å². The topological polar surface area (TPSA) is 29.4 Å². The molecule has 0 aliphatic rings. The molecule has 0 radical (unpaired) electrons. The Bertz CT molecular complexity index is 530. The van der Waals surface area contributed by atoms with Crippen LogP contribution in [0.15, 0.2) is 41.4 Å². The molecule has 0 fully saturated rings. The van der Waals surface area contributed by atoms with Gasteiger partial charge in [0.1, 0.15) is 0 Å². The average molecular weight is 204 g/mol. The lowest BCUT2D eigenvalue weighted by atomic mass is 10.1. The van der Waals surface area contributed by atoms with Crippen LogP contribution in [0.4, 0.5) is 5.69 Å². The lowest BCUT2D eigenvalue weighted by Gasteiger charge is -2.01. The summed E-state index contributed by atoms with van der Waals surface area (Å²) in [6, 6.07) is 11.2. The predicted octanol–water partition coefficient (Wildman–Crippen LogP) is 3.46. The van der Waals surface area contributed by atoms with Crippen LogP contribution in [0.3, 0.4) is 0 Å². The number of halogens is 1. The van der Waals surface area contributed by atoms with E-state index in [-0.39, 0.29) is 0 Å². The Kier molecular flexibility index (Phi) is 2.32. The summed E-state index contributed by atoms with van der Waals surface area (Å²) in [7, 11) is 0. The van der Waals surface area contributed by atoms with Gasteiger partial charge in [0.2, 0.25) is 6.08 Å². The van der Waals surface area contributed by atoms with Crippen molar-refractivity contribution >= 4 is 34.1 Å². The van der Waals surface area contributed by atoms with E-state index < -0.39 is 0 Å². The summed E-state index contributed by atoms with van der Waals surface area (Å²) in [4.78, 5) is 13.6. The standard InChI is InChI=1S/C11H6ClNO/c12-11-9-4-2-1-3-8(9)5-6-10(11)13-7-14/h1-6H. The van der Waals surface area contributed by atoms with Gasteiger partial charge in [0.25, 0.3) is 0 Å². The average Bonchev–Trinajstić information content (AvgIpc) is 2.23. The van der Waals surface area contributed by atoms with Gasteiger partial charge in [-0.25, -0.2) is 4.79 Å². The summed E-state index contributed by atoms with van der Waals surface area (Å²) in [5.74, 6) is 0. The molecule has 0 saturated carbocycles. The molecule has 0 aliphatic carbocycles. The Labute approximate surface area is 85.8 Å². The van der Waals surface area contributed by atoms with Gasteiger partial charge in [-0.1, -0.05) is 41.9 Å². The van der Waals surface area contributed by atoms with Crippen molar-refractivity contribution in [2.75, 3.05) is 0 Å². The molecule has 0 aromatic heterocycles. The Balaban J connectivity index is 2.81. The second kappa shape index (κ2) is 3.62. The molecule has 0 unspecified atom stereocenters. The number of carbonyl (C=O) groups excluding carboxylic acids is 1. The van der Waals surface area contributed by atoms with Crippen molar-refractivity contribution in [1.29, 1.82) is 0 Å². The lowest BCUT2D eigenvalue weighted by molar-refractivity contribution is 0.565. The van der Waals surface area contributed by atoms with Crippen LogP contribution >= 0.6 is 11.6 Å². The van der Waals surface area contributed by atoms with Crippen molar-refractivity contribution in [3.63, 3.8) is 0 Å². The van der Waals surface area contributed by atoms with Crippen LogP contribution in [0.1, 0.15) is 0 Å². The van der Waals surface area contributed by atoms with E-state index >= 15 is 0 Å². The molecule has 14 heavy (non-hydrogen) atoms. The molecular weight excluding hydrogens is 198 g/mol. The zero-order valence-corrected chi connectivity index (χ0v) is 7.95.